The zero-order valence-corrected chi connectivity index (χ0v) is 14.4. The number of aryl methyl sites for hydroxylation is 1. The maximum absolute atomic E-state index is 10.5. The molecule has 6 heteroatoms. The van der Waals surface area contributed by atoms with Crippen molar-refractivity contribution in [2.75, 3.05) is 26.2 Å². The van der Waals surface area contributed by atoms with Crippen molar-refractivity contribution in [3.05, 3.63) is 23.7 Å². The van der Waals surface area contributed by atoms with Crippen LogP contribution in [0.4, 0.5) is 0 Å². The minimum Gasteiger partial charge on any atom is -0.463 e. The standard InChI is InChI=1S/C17H29N3O3/c1-4-18-16(19-10-9-14-6-5-11-22-14)20-12-17(3,21)15-8-7-13(2)23-15/h7-8,14,21H,4-6,9-12H2,1-3H3,(H2,18,19,20). The van der Waals surface area contributed by atoms with Gasteiger partial charge in [0.25, 0.3) is 0 Å². The second kappa shape index (κ2) is 8.36. The van der Waals surface area contributed by atoms with Gasteiger partial charge in [0.15, 0.2) is 5.96 Å². The molecule has 1 aliphatic rings. The Morgan fingerprint density at radius 2 is 2.26 bits per heavy atom. The fourth-order valence-electron chi connectivity index (χ4n) is 2.60. The first-order valence-corrected chi connectivity index (χ1v) is 8.44. The lowest BCUT2D eigenvalue weighted by molar-refractivity contribution is 0.0428. The van der Waals surface area contributed by atoms with Gasteiger partial charge in [-0.05, 0) is 52.2 Å². The van der Waals surface area contributed by atoms with Gasteiger partial charge in [0.2, 0.25) is 0 Å². The van der Waals surface area contributed by atoms with Crippen LogP contribution in [0.1, 0.15) is 44.6 Å². The highest BCUT2D eigenvalue weighted by atomic mass is 16.5. The van der Waals surface area contributed by atoms with Crippen LogP contribution in [0.2, 0.25) is 0 Å². The molecule has 0 amide bonds. The lowest BCUT2D eigenvalue weighted by atomic mass is 10.0. The summed E-state index contributed by atoms with van der Waals surface area (Å²) in [6, 6.07) is 3.64. The summed E-state index contributed by atoms with van der Waals surface area (Å²) >= 11 is 0. The molecule has 1 aromatic heterocycles. The number of rotatable bonds is 7. The Kier molecular flexibility index (Phi) is 6.47. The van der Waals surface area contributed by atoms with Crippen LogP contribution < -0.4 is 10.6 Å². The van der Waals surface area contributed by atoms with Gasteiger partial charge < -0.3 is 24.9 Å². The number of ether oxygens (including phenoxy) is 1. The Hall–Kier alpha value is -1.53. The van der Waals surface area contributed by atoms with E-state index in [1.165, 1.54) is 0 Å². The molecular formula is C17H29N3O3. The predicted molar refractivity (Wildman–Crippen MR) is 90.6 cm³/mol. The molecule has 1 aromatic rings. The Morgan fingerprint density at radius 3 is 2.87 bits per heavy atom. The highest BCUT2D eigenvalue weighted by Gasteiger charge is 2.26. The van der Waals surface area contributed by atoms with Gasteiger partial charge in [0.05, 0.1) is 12.6 Å². The first kappa shape index (κ1) is 17.8. The van der Waals surface area contributed by atoms with E-state index in [1.807, 2.05) is 19.9 Å². The van der Waals surface area contributed by atoms with Gasteiger partial charge in [0, 0.05) is 19.7 Å². The SMILES string of the molecule is CCNC(=NCC(C)(O)c1ccc(C)o1)NCCC1CCCO1. The summed E-state index contributed by atoms with van der Waals surface area (Å²) in [4.78, 5) is 4.48. The molecule has 1 fully saturated rings. The fourth-order valence-corrected chi connectivity index (χ4v) is 2.60. The largest absolute Gasteiger partial charge is 0.463 e. The van der Waals surface area contributed by atoms with Gasteiger partial charge in [-0.3, -0.25) is 0 Å². The number of aliphatic imine (C=N–C) groups is 1. The van der Waals surface area contributed by atoms with Crippen molar-refractivity contribution in [2.24, 2.45) is 4.99 Å². The average molecular weight is 323 g/mol. The molecule has 6 nitrogen and oxygen atoms in total. The van der Waals surface area contributed by atoms with Crippen molar-refractivity contribution < 1.29 is 14.3 Å². The van der Waals surface area contributed by atoms with Crippen molar-refractivity contribution in [3.8, 4) is 0 Å². The van der Waals surface area contributed by atoms with Gasteiger partial charge in [-0.2, -0.15) is 0 Å². The van der Waals surface area contributed by atoms with E-state index < -0.39 is 5.60 Å². The summed E-state index contributed by atoms with van der Waals surface area (Å²) in [5.41, 5.74) is -1.12. The van der Waals surface area contributed by atoms with Crippen LogP contribution in [0.3, 0.4) is 0 Å². The molecule has 0 radical (unpaired) electrons. The molecule has 2 heterocycles. The third-order valence-corrected chi connectivity index (χ3v) is 3.94. The molecule has 0 aliphatic carbocycles. The molecule has 0 aromatic carbocycles. The Bertz CT molecular complexity index is 505. The van der Waals surface area contributed by atoms with Gasteiger partial charge in [-0.15, -0.1) is 0 Å². The van der Waals surface area contributed by atoms with Crippen LogP contribution in [-0.2, 0) is 10.3 Å². The smallest absolute Gasteiger partial charge is 0.191 e. The molecule has 0 bridgehead atoms. The Morgan fingerprint density at radius 1 is 1.43 bits per heavy atom. The molecule has 2 unspecified atom stereocenters. The van der Waals surface area contributed by atoms with E-state index in [9.17, 15) is 5.11 Å². The number of nitrogens with zero attached hydrogens (tertiary/aromatic N) is 1. The highest BCUT2D eigenvalue weighted by molar-refractivity contribution is 5.79. The van der Waals surface area contributed by atoms with Crippen molar-refractivity contribution in [1.82, 2.24) is 10.6 Å². The summed E-state index contributed by atoms with van der Waals surface area (Å²) < 4.78 is 11.1. The number of hydrogen-bond donors (Lipinski definition) is 3. The quantitative estimate of drug-likeness (QED) is 0.528. The molecule has 23 heavy (non-hydrogen) atoms. The first-order chi connectivity index (χ1) is 11.0. The van der Waals surface area contributed by atoms with Crippen LogP contribution in [0, 0.1) is 6.92 Å². The normalized spacial score (nSPS) is 21.2. The second-order valence-corrected chi connectivity index (χ2v) is 6.23. The number of nitrogens with one attached hydrogen (secondary N) is 2. The second-order valence-electron chi connectivity index (χ2n) is 6.23. The summed E-state index contributed by atoms with van der Waals surface area (Å²) in [7, 11) is 0. The third-order valence-electron chi connectivity index (χ3n) is 3.94. The van der Waals surface area contributed by atoms with E-state index >= 15 is 0 Å². The van der Waals surface area contributed by atoms with Crippen LogP contribution in [-0.4, -0.2) is 43.4 Å². The van der Waals surface area contributed by atoms with E-state index in [0.29, 0.717) is 17.8 Å². The molecule has 1 aliphatic heterocycles. The minimum atomic E-state index is -1.12. The first-order valence-electron chi connectivity index (χ1n) is 8.44. The third kappa shape index (κ3) is 5.55. The molecule has 0 saturated carbocycles. The van der Waals surface area contributed by atoms with Gasteiger partial charge in [-0.25, -0.2) is 4.99 Å². The average Bonchev–Trinajstić information content (AvgIpc) is 3.16. The van der Waals surface area contributed by atoms with Crippen molar-refractivity contribution in [3.63, 3.8) is 0 Å². The Labute approximate surface area is 138 Å². The fraction of sp³-hybridized carbons (Fsp3) is 0.706. The molecule has 3 N–H and O–H groups in total. The zero-order chi connectivity index (χ0) is 16.7. The molecule has 130 valence electrons. The molecule has 0 spiro atoms. The summed E-state index contributed by atoms with van der Waals surface area (Å²) in [5.74, 6) is 2.02. The molecule has 2 atom stereocenters. The maximum Gasteiger partial charge on any atom is 0.191 e. The lowest BCUT2D eigenvalue weighted by Crippen LogP contribution is -2.40. The summed E-state index contributed by atoms with van der Waals surface area (Å²) in [6.45, 7) is 8.28. The number of guanidine groups is 1. The van der Waals surface area contributed by atoms with Crippen LogP contribution in [0.25, 0.3) is 0 Å². The summed E-state index contributed by atoms with van der Waals surface area (Å²) in [5, 5.41) is 17.0. The van der Waals surface area contributed by atoms with Gasteiger partial charge >= 0.3 is 0 Å². The van der Waals surface area contributed by atoms with Crippen LogP contribution in [0.5, 0.6) is 0 Å². The Balaban J connectivity index is 1.86. The molecule has 1 saturated heterocycles. The van der Waals surface area contributed by atoms with Crippen molar-refractivity contribution in [2.45, 2.75) is 51.7 Å². The van der Waals surface area contributed by atoms with E-state index in [-0.39, 0.29) is 6.54 Å². The van der Waals surface area contributed by atoms with Gasteiger partial charge in [0.1, 0.15) is 17.1 Å². The molecule has 2 rings (SSSR count). The van der Waals surface area contributed by atoms with E-state index in [1.54, 1.807) is 13.0 Å². The highest BCUT2D eigenvalue weighted by Crippen LogP contribution is 2.23. The van der Waals surface area contributed by atoms with E-state index in [2.05, 4.69) is 15.6 Å². The molecular weight excluding hydrogens is 294 g/mol. The maximum atomic E-state index is 10.5. The van der Waals surface area contributed by atoms with Gasteiger partial charge in [-0.1, -0.05) is 0 Å². The number of hydrogen-bond acceptors (Lipinski definition) is 4. The number of furan rings is 1. The van der Waals surface area contributed by atoms with Crippen molar-refractivity contribution >= 4 is 5.96 Å². The van der Waals surface area contributed by atoms with Crippen molar-refractivity contribution in [1.29, 1.82) is 0 Å². The van der Waals surface area contributed by atoms with E-state index in [0.717, 1.165) is 44.7 Å². The van der Waals surface area contributed by atoms with E-state index in [4.69, 9.17) is 9.15 Å². The zero-order valence-electron chi connectivity index (χ0n) is 14.4. The van der Waals surface area contributed by atoms with Crippen LogP contribution in [0.15, 0.2) is 21.5 Å². The van der Waals surface area contributed by atoms with Crippen LogP contribution >= 0.6 is 0 Å². The topological polar surface area (TPSA) is 79.0 Å². The minimum absolute atomic E-state index is 0.231. The predicted octanol–water partition coefficient (Wildman–Crippen LogP) is 1.92. The number of aliphatic hydroxyl groups is 1. The lowest BCUT2D eigenvalue weighted by Gasteiger charge is -2.20. The monoisotopic (exact) mass is 323 g/mol. The summed E-state index contributed by atoms with van der Waals surface area (Å²) in [6.07, 6.45) is 3.63.